The predicted molar refractivity (Wildman–Crippen MR) is 88.0 cm³/mol. The summed E-state index contributed by atoms with van der Waals surface area (Å²) in [4.78, 5) is 19.2. The lowest BCUT2D eigenvalue weighted by Crippen LogP contribution is -2.43. The summed E-state index contributed by atoms with van der Waals surface area (Å²) in [6.07, 6.45) is 2.45. The number of nitrogens with zero attached hydrogens (tertiary/aromatic N) is 2. The van der Waals surface area contributed by atoms with Crippen molar-refractivity contribution < 1.29 is 13.2 Å². The molecule has 0 bridgehead atoms. The van der Waals surface area contributed by atoms with Crippen LogP contribution in [-0.4, -0.2) is 47.8 Å². The van der Waals surface area contributed by atoms with Crippen LogP contribution in [0, 0.1) is 0 Å². The molecule has 1 unspecified atom stereocenters. The van der Waals surface area contributed by atoms with Gasteiger partial charge >= 0.3 is 0 Å². The number of hydrogen-bond acceptors (Lipinski definition) is 4. The highest BCUT2D eigenvalue weighted by atomic mass is 32.2. The van der Waals surface area contributed by atoms with Crippen molar-refractivity contribution in [3.05, 3.63) is 42.1 Å². The zero-order valence-corrected chi connectivity index (χ0v) is 13.5. The summed E-state index contributed by atoms with van der Waals surface area (Å²) < 4.78 is 23.5. The fraction of sp³-hybridized carbons (Fsp3) is 0.412. The highest BCUT2D eigenvalue weighted by Crippen LogP contribution is 2.33. The maximum atomic E-state index is 12.9. The molecule has 1 saturated heterocycles. The lowest BCUT2D eigenvalue weighted by molar-refractivity contribution is 0.0675. The molecule has 120 valence electrons. The molecule has 1 aromatic heterocycles. The number of sulfone groups is 1. The van der Waals surface area contributed by atoms with Crippen LogP contribution >= 0.6 is 0 Å². The standard InChI is InChI=1S/C17H18N2O3S/c20-17(16-8-5-12-3-1-2-4-15(12)18-16)19(13-6-7-13)14-9-10-23(21,22)11-14/h1-5,8,13-14H,6-7,9-11H2. The molecule has 2 heterocycles. The number of hydrogen-bond donors (Lipinski definition) is 0. The number of carbonyl (C=O) groups excluding carboxylic acids is 1. The molecule has 0 spiro atoms. The number of amides is 1. The Hall–Kier alpha value is -1.95. The number of fused-ring (bicyclic) bond motifs is 1. The van der Waals surface area contributed by atoms with Gasteiger partial charge in [0.05, 0.1) is 17.0 Å². The molecular weight excluding hydrogens is 312 g/mol. The van der Waals surface area contributed by atoms with Crippen molar-refractivity contribution >= 4 is 26.6 Å². The van der Waals surface area contributed by atoms with Gasteiger partial charge in [0, 0.05) is 17.5 Å². The second kappa shape index (κ2) is 5.30. The molecule has 2 aromatic rings. The summed E-state index contributed by atoms with van der Waals surface area (Å²) in [6, 6.07) is 11.3. The predicted octanol–water partition coefficient (Wildman–Crippen LogP) is 2.03. The Labute approximate surface area is 135 Å². The summed E-state index contributed by atoms with van der Waals surface area (Å²) >= 11 is 0. The molecule has 5 nitrogen and oxygen atoms in total. The van der Waals surface area contributed by atoms with E-state index >= 15 is 0 Å². The van der Waals surface area contributed by atoms with Gasteiger partial charge in [-0.25, -0.2) is 13.4 Å². The minimum atomic E-state index is -3.01. The number of benzene rings is 1. The summed E-state index contributed by atoms with van der Waals surface area (Å²) in [7, 11) is -3.01. The third kappa shape index (κ3) is 2.83. The summed E-state index contributed by atoms with van der Waals surface area (Å²) in [6.45, 7) is 0. The molecule has 1 aromatic carbocycles. The maximum absolute atomic E-state index is 12.9. The molecule has 0 N–H and O–H groups in total. The first-order valence-electron chi connectivity index (χ1n) is 7.92. The molecule has 1 aliphatic carbocycles. The van der Waals surface area contributed by atoms with Crippen molar-refractivity contribution in [2.24, 2.45) is 0 Å². The van der Waals surface area contributed by atoms with E-state index in [9.17, 15) is 13.2 Å². The van der Waals surface area contributed by atoms with E-state index in [1.54, 1.807) is 11.0 Å². The van der Waals surface area contributed by atoms with Gasteiger partial charge in [0.2, 0.25) is 0 Å². The van der Waals surface area contributed by atoms with Gasteiger partial charge in [-0.2, -0.15) is 0 Å². The monoisotopic (exact) mass is 330 g/mol. The van der Waals surface area contributed by atoms with Gasteiger partial charge in [-0.05, 0) is 31.4 Å². The molecule has 1 saturated carbocycles. The van der Waals surface area contributed by atoms with E-state index in [-0.39, 0.29) is 29.5 Å². The Bertz CT molecular complexity index is 874. The lowest BCUT2D eigenvalue weighted by atomic mass is 10.1. The summed E-state index contributed by atoms with van der Waals surface area (Å²) in [5.74, 6) is 0.127. The average Bonchev–Trinajstić information content (AvgIpc) is 3.30. The molecular formula is C17H18N2O3S. The van der Waals surface area contributed by atoms with Crippen LogP contribution in [0.25, 0.3) is 10.9 Å². The van der Waals surface area contributed by atoms with E-state index in [0.717, 1.165) is 23.7 Å². The van der Waals surface area contributed by atoms with E-state index in [4.69, 9.17) is 0 Å². The second-order valence-corrected chi connectivity index (χ2v) is 8.62. The van der Waals surface area contributed by atoms with E-state index < -0.39 is 9.84 Å². The zero-order valence-electron chi connectivity index (χ0n) is 12.7. The minimum Gasteiger partial charge on any atom is -0.330 e. The van der Waals surface area contributed by atoms with Crippen molar-refractivity contribution in [1.29, 1.82) is 0 Å². The first-order valence-corrected chi connectivity index (χ1v) is 9.74. The van der Waals surface area contributed by atoms with Crippen LogP contribution in [0.5, 0.6) is 0 Å². The molecule has 2 aliphatic rings. The molecule has 23 heavy (non-hydrogen) atoms. The lowest BCUT2D eigenvalue weighted by Gasteiger charge is -2.28. The normalized spacial score (nSPS) is 23.0. The van der Waals surface area contributed by atoms with E-state index in [1.165, 1.54) is 0 Å². The topological polar surface area (TPSA) is 67.3 Å². The summed E-state index contributed by atoms with van der Waals surface area (Å²) in [5.41, 5.74) is 1.19. The Morgan fingerprint density at radius 1 is 1.04 bits per heavy atom. The third-order valence-corrected chi connectivity index (χ3v) is 6.34. The smallest absolute Gasteiger partial charge is 0.273 e. The second-order valence-electron chi connectivity index (χ2n) is 6.39. The van der Waals surface area contributed by atoms with Crippen LogP contribution in [0.3, 0.4) is 0 Å². The van der Waals surface area contributed by atoms with E-state index in [1.807, 2.05) is 30.3 Å². The van der Waals surface area contributed by atoms with Crippen LogP contribution in [0.15, 0.2) is 36.4 Å². The largest absolute Gasteiger partial charge is 0.330 e. The third-order valence-electron chi connectivity index (χ3n) is 4.59. The minimum absolute atomic E-state index is 0.0861. The first kappa shape index (κ1) is 14.6. The quantitative estimate of drug-likeness (QED) is 0.863. The highest BCUT2D eigenvalue weighted by Gasteiger charge is 2.42. The van der Waals surface area contributed by atoms with Crippen LogP contribution in [0.1, 0.15) is 29.8 Å². The van der Waals surface area contributed by atoms with Crippen LogP contribution < -0.4 is 0 Å². The SMILES string of the molecule is O=C(c1ccc2ccccc2n1)N(C1CC1)C1CCS(=O)(=O)C1. The van der Waals surface area contributed by atoms with Gasteiger partial charge < -0.3 is 4.90 Å². The molecule has 0 radical (unpaired) electrons. The highest BCUT2D eigenvalue weighted by molar-refractivity contribution is 7.91. The molecule has 6 heteroatoms. The van der Waals surface area contributed by atoms with Crippen LogP contribution in [-0.2, 0) is 9.84 Å². The van der Waals surface area contributed by atoms with Crippen molar-refractivity contribution in [1.82, 2.24) is 9.88 Å². The number of aromatic nitrogens is 1. The van der Waals surface area contributed by atoms with Gasteiger partial charge in [0.1, 0.15) is 5.69 Å². The Balaban J connectivity index is 1.66. The Morgan fingerprint density at radius 3 is 2.52 bits per heavy atom. The van der Waals surface area contributed by atoms with Crippen LogP contribution in [0.4, 0.5) is 0 Å². The van der Waals surface area contributed by atoms with Crippen molar-refractivity contribution in [3.8, 4) is 0 Å². The molecule has 4 rings (SSSR count). The molecule has 1 aliphatic heterocycles. The maximum Gasteiger partial charge on any atom is 0.273 e. The van der Waals surface area contributed by atoms with Gasteiger partial charge in [0.25, 0.3) is 5.91 Å². The fourth-order valence-electron chi connectivity index (χ4n) is 3.29. The number of carbonyl (C=O) groups is 1. The van der Waals surface area contributed by atoms with Crippen molar-refractivity contribution in [2.75, 3.05) is 11.5 Å². The molecule has 1 atom stereocenters. The average molecular weight is 330 g/mol. The number of pyridine rings is 1. The van der Waals surface area contributed by atoms with Crippen molar-refractivity contribution in [3.63, 3.8) is 0 Å². The Kier molecular flexibility index (Phi) is 3.37. The van der Waals surface area contributed by atoms with Gasteiger partial charge in [0.15, 0.2) is 9.84 Å². The first-order chi connectivity index (χ1) is 11.0. The van der Waals surface area contributed by atoms with E-state index in [2.05, 4.69) is 4.98 Å². The van der Waals surface area contributed by atoms with Crippen LogP contribution in [0.2, 0.25) is 0 Å². The number of para-hydroxylation sites is 1. The van der Waals surface area contributed by atoms with E-state index in [0.29, 0.717) is 12.1 Å². The van der Waals surface area contributed by atoms with Crippen molar-refractivity contribution in [2.45, 2.75) is 31.3 Å². The summed E-state index contributed by atoms with van der Waals surface area (Å²) in [5, 5.41) is 0.991. The fourth-order valence-corrected chi connectivity index (χ4v) is 5.01. The number of rotatable bonds is 3. The zero-order chi connectivity index (χ0) is 16.0. The Morgan fingerprint density at radius 2 is 1.83 bits per heavy atom. The van der Waals surface area contributed by atoms with Gasteiger partial charge in [-0.15, -0.1) is 0 Å². The molecule has 2 fully saturated rings. The molecule has 1 amide bonds. The van der Waals surface area contributed by atoms with Gasteiger partial charge in [-0.3, -0.25) is 4.79 Å². The van der Waals surface area contributed by atoms with Gasteiger partial charge in [-0.1, -0.05) is 24.3 Å².